The van der Waals surface area contributed by atoms with Crippen molar-refractivity contribution in [2.45, 2.75) is 24.8 Å². The molecule has 0 amide bonds. The van der Waals surface area contributed by atoms with Gasteiger partial charge in [-0.3, -0.25) is 0 Å². The molecular formula is C11H16N2O2S. The van der Waals surface area contributed by atoms with Gasteiger partial charge in [-0.1, -0.05) is 6.07 Å². The monoisotopic (exact) mass is 240 g/mol. The van der Waals surface area contributed by atoms with E-state index in [1.807, 2.05) is 19.9 Å². The van der Waals surface area contributed by atoms with Crippen molar-refractivity contribution in [3.05, 3.63) is 29.3 Å². The highest BCUT2D eigenvalue weighted by atomic mass is 32.2. The lowest BCUT2D eigenvalue weighted by Crippen LogP contribution is -2.56. The van der Waals surface area contributed by atoms with Gasteiger partial charge in [-0.15, -0.1) is 0 Å². The minimum absolute atomic E-state index is 0.0339. The zero-order chi connectivity index (χ0) is 11.8. The highest BCUT2D eigenvalue weighted by molar-refractivity contribution is 7.89. The van der Waals surface area contributed by atoms with Gasteiger partial charge in [0, 0.05) is 19.1 Å². The van der Waals surface area contributed by atoms with Crippen molar-refractivity contribution in [3.8, 4) is 0 Å². The van der Waals surface area contributed by atoms with Crippen LogP contribution in [0.1, 0.15) is 11.1 Å². The molecule has 2 rings (SSSR count). The summed E-state index contributed by atoms with van der Waals surface area (Å²) in [6.07, 6.45) is 0. The molecule has 2 N–H and O–H groups in total. The molecule has 0 bridgehead atoms. The third-order valence-corrected chi connectivity index (χ3v) is 4.41. The second kappa shape index (κ2) is 4.16. The van der Waals surface area contributed by atoms with Crippen molar-refractivity contribution in [1.82, 2.24) is 10.0 Å². The molecule has 5 heteroatoms. The smallest absolute Gasteiger partial charge is 0.240 e. The Hall–Kier alpha value is -0.910. The van der Waals surface area contributed by atoms with Gasteiger partial charge >= 0.3 is 0 Å². The minimum Gasteiger partial charge on any atom is -0.313 e. The summed E-state index contributed by atoms with van der Waals surface area (Å²) in [5.41, 5.74) is 2.10. The number of hydrogen-bond donors (Lipinski definition) is 2. The van der Waals surface area contributed by atoms with Gasteiger partial charge in [0.1, 0.15) is 0 Å². The van der Waals surface area contributed by atoms with Gasteiger partial charge < -0.3 is 5.32 Å². The summed E-state index contributed by atoms with van der Waals surface area (Å²) in [7, 11) is -3.35. The van der Waals surface area contributed by atoms with Gasteiger partial charge in [0.2, 0.25) is 10.0 Å². The van der Waals surface area contributed by atoms with Gasteiger partial charge in [-0.25, -0.2) is 13.1 Å². The molecule has 1 saturated heterocycles. The summed E-state index contributed by atoms with van der Waals surface area (Å²) in [6, 6.07) is 5.23. The van der Waals surface area contributed by atoms with Crippen LogP contribution in [0.25, 0.3) is 0 Å². The molecule has 88 valence electrons. The van der Waals surface area contributed by atoms with Crippen LogP contribution in [0.5, 0.6) is 0 Å². The van der Waals surface area contributed by atoms with Crippen LogP contribution < -0.4 is 10.0 Å². The van der Waals surface area contributed by atoms with E-state index in [-0.39, 0.29) is 6.04 Å². The molecule has 1 aliphatic heterocycles. The zero-order valence-corrected chi connectivity index (χ0v) is 10.3. The van der Waals surface area contributed by atoms with E-state index in [0.717, 1.165) is 11.1 Å². The Morgan fingerprint density at radius 2 is 1.94 bits per heavy atom. The lowest BCUT2D eigenvalue weighted by molar-refractivity contribution is 0.410. The predicted molar refractivity (Wildman–Crippen MR) is 62.9 cm³/mol. The summed E-state index contributed by atoms with van der Waals surface area (Å²) >= 11 is 0. The first kappa shape index (κ1) is 11.6. The van der Waals surface area contributed by atoms with E-state index < -0.39 is 10.0 Å². The summed E-state index contributed by atoms with van der Waals surface area (Å²) in [4.78, 5) is 0.350. The molecule has 0 atom stereocenters. The van der Waals surface area contributed by atoms with E-state index in [2.05, 4.69) is 10.0 Å². The predicted octanol–water partition coefficient (Wildman–Crippen LogP) is 0.554. The molecule has 1 heterocycles. The topological polar surface area (TPSA) is 58.2 Å². The molecule has 1 aromatic carbocycles. The number of benzene rings is 1. The Morgan fingerprint density at radius 3 is 2.44 bits per heavy atom. The van der Waals surface area contributed by atoms with Crippen molar-refractivity contribution in [1.29, 1.82) is 0 Å². The SMILES string of the molecule is Cc1ccc(S(=O)(=O)NC2CNC2)cc1C. The number of rotatable bonds is 3. The molecule has 0 aliphatic carbocycles. The van der Waals surface area contributed by atoms with Gasteiger partial charge in [-0.2, -0.15) is 0 Å². The first-order valence-corrected chi connectivity index (χ1v) is 6.78. The van der Waals surface area contributed by atoms with E-state index in [1.54, 1.807) is 12.1 Å². The summed E-state index contributed by atoms with van der Waals surface area (Å²) in [5, 5.41) is 3.03. The van der Waals surface area contributed by atoms with Crippen LogP contribution in [0.3, 0.4) is 0 Å². The van der Waals surface area contributed by atoms with Crippen molar-refractivity contribution in [2.75, 3.05) is 13.1 Å². The number of aryl methyl sites for hydroxylation is 2. The Morgan fingerprint density at radius 1 is 1.25 bits per heavy atom. The summed E-state index contributed by atoms with van der Waals surface area (Å²) in [5.74, 6) is 0. The Balaban J connectivity index is 2.24. The Bertz CT molecular complexity index is 493. The molecule has 0 saturated carbocycles. The van der Waals surface area contributed by atoms with Crippen LogP contribution >= 0.6 is 0 Å². The average Bonchev–Trinajstić information content (AvgIpc) is 2.16. The fourth-order valence-corrected chi connectivity index (χ4v) is 2.86. The molecule has 0 unspecified atom stereocenters. The number of sulfonamides is 1. The van der Waals surface area contributed by atoms with E-state index in [9.17, 15) is 8.42 Å². The van der Waals surface area contributed by atoms with Crippen LogP contribution in [0, 0.1) is 13.8 Å². The fraction of sp³-hybridized carbons (Fsp3) is 0.455. The minimum atomic E-state index is -3.35. The summed E-state index contributed by atoms with van der Waals surface area (Å²) in [6.45, 7) is 5.31. The Labute approximate surface area is 96.1 Å². The molecule has 1 fully saturated rings. The first-order valence-electron chi connectivity index (χ1n) is 5.29. The molecular weight excluding hydrogens is 224 g/mol. The van der Waals surface area contributed by atoms with Crippen molar-refractivity contribution < 1.29 is 8.42 Å². The van der Waals surface area contributed by atoms with Crippen molar-refractivity contribution in [3.63, 3.8) is 0 Å². The second-order valence-electron chi connectivity index (χ2n) is 4.22. The lowest BCUT2D eigenvalue weighted by atomic mass is 10.1. The van der Waals surface area contributed by atoms with Crippen LogP contribution in [0.15, 0.2) is 23.1 Å². The molecule has 0 spiro atoms. The van der Waals surface area contributed by atoms with Crippen LogP contribution in [-0.4, -0.2) is 27.5 Å². The molecule has 0 radical (unpaired) electrons. The first-order chi connectivity index (χ1) is 7.49. The molecule has 1 aliphatic rings. The van der Waals surface area contributed by atoms with Crippen molar-refractivity contribution >= 4 is 10.0 Å². The van der Waals surface area contributed by atoms with Crippen LogP contribution in [0.4, 0.5) is 0 Å². The van der Waals surface area contributed by atoms with E-state index in [0.29, 0.717) is 18.0 Å². The molecule has 4 nitrogen and oxygen atoms in total. The standard InChI is InChI=1S/C11H16N2O2S/c1-8-3-4-11(5-9(8)2)16(14,15)13-10-6-12-7-10/h3-5,10,12-13H,6-7H2,1-2H3. The molecule has 16 heavy (non-hydrogen) atoms. The zero-order valence-electron chi connectivity index (χ0n) is 9.45. The fourth-order valence-electron chi connectivity index (χ4n) is 1.54. The van der Waals surface area contributed by atoms with Crippen LogP contribution in [-0.2, 0) is 10.0 Å². The van der Waals surface area contributed by atoms with Gasteiger partial charge in [0.25, 0.3) is 0 Å². The van der Waals surface area contributed by atoms with Crippen molar-refractivity contribution in [2.24, 2.45) is 0 Å². The maximum atomic E-state index is 12.0. The second-order valence-corrected chi connectivity index (χ2v) is 5.94. The van der Waals surface area contributed by atoms with E-state index in [4.69, 9.17) is 0 Å². The van der Waals surface area contributed by atoms with Gasteiger partial charge in [-0.05, 0) is 37.1 Å². The van der Waals surface area contributed by atoms with E-state index >= 15 is 0 Å². The molecule has 1 aromatic rings. The van der Waals surface area contributed by atoms with Gasteiger partial charge in [0.05, 0.1) is 4.90 Å². The normalized spacial score (nSPS) is 17.1. The third-order valence-electron chi connectivity index (χ3n) is 2.89. The molecule has 0 aromatic heterocycles. The highest BCUT2D eigenvalue weighted by Crippen LogP contribution is 2.15. The lowest BCUT2D eigenvalue weighted by Gasteiger charge is -2.27. The largest absolute Gasteiger partial charge is 0.313 e. The number of nitrogens with one attached hydrogen (secondary N) is 2. The maximum Gasteiger partial charge on any atom is 0.240 e. The third kappa shape index (κ3) is 2.26. The van der Waals surface area contributed by atoms with Gasteiger partial charge in [0.15, 0.2) is 0 Å². The quantitative estimate of drug-likeness (QED) is 0.811. The van der Waals surface area contributed by atoms with E-state index in [1.165, 1.54) is 0 Å². The summed E-state index contributed by atoms with van der Waals surface area (Å²) < 4.78 is 26.6. The number of hydrogen-bond acceptors (Lipinski definition) is 3. The highest BCUT2D eigenvalue weighted by Gasteiger charge is 2.24. The average molecular weight is 240 g/mol. The maximum absolute atomic E-state index is 12.0. The van der Waals surface area contributed by atoms with Crippen LogP contribution in [0.2, 0.25) is 0 Å². The Kier molecular flexibility index (Phi) is 3.01.